The quantitative estimate of drug-likeness (QED) is 0.693. The molecule has 0 N–H and O–H groups in total. The molecule has 0 aliphatic carbocycles. The van der Waals surface area contributed by atoms with Crippen LogP contribution in [0, 0.1) is 11.3 Å². The van der Waals surface area contributed by atoms with E-state index in [4.69, 9.17) is 0 Å². The Balaban J connectivity index is 1.78. The third kappa shape index (κ3) is 3.61. The van der Waals surface area contributed by atoms with E-state index in [1.807, 2.05) is 42.5 Å². The lowest BCUT2D eigenvalue weighted by molar-refractivity contribution is -0.119. The molecule has 3 rings (SSSR count). The zero-order valence-corrected chi connectivity index (χ0v) is 13.8. The number of pyridine rings is 1. The number of nitrogens with zero attached hydrogens (tertiary/aromatic N) is 5. The van der Waals surface area contributed by atoms with Gasteiger partial charge in [-0.15, -0.1) is 10.2 Å². The average Bonchev–Trinajstić information content (AvgIpc) is 3.04. The standard InChI is InChI=1S/C19H17N5O/c1-24-18(15-7-3-2-4-8-15)22-23-19(24)16(12-20)17(25)10-9-14-6-5-11-21-13-14/h2-8,11,13,16H,9-10H2,1H3. The minimum atomic E-state index is -0.924. The van der Waals surface area contributed by atoms with Gasteiger partial charge in [-0.3, -0.25) is 9.78 Å². The van der Waals surface area contributed by atoms with Gasteiger partial charge >= 0.3 is 0 Å². The highest BCUT2D eigenvalue weighted by Crippen LogP contribution is 2.22. The minimum Gasteiger partial charge on any atom is -0.313 e. The molecular formula is C19H17N5O. The maximum atomic E-state index is 12.5. The van der Waals surface area contributed by atoms with Crippen LogP contribution >= 0.6 is 0 Å². The van der Waals surface area contributed by atoms with Crippen molar-refractivity contribution in [3.05, 3.63) is 66.2 Å². The second-order valence-electron chi connectivity index (χ2n) is 5.70. The molecule has 0 aliphatic rings. The van der Waals surface area contributed by atoms with Gasteiger partial charge in [0, 0.05) is 31.4 Å². The summed E-state index contributed by atoms with van der Waals surface area (Å²) in [7, 11) is 1.77. The summed E-state index contributed by atoms with van der Waals surface area (Å²) in [5, 5.41) is 17.7. The molecule has 2 aromatic heterocycles. The number of carbonyl (C=O) groups excluding carboxylic acids is 1. The number of hydrogen-bond acceptors (Lipinski definition) is 5. The van der Waals surface area contributed by atoms with Crippen LogP contribution in [-0.2, 0) is 18.3 Å². The summed E-state index contributed by atoms with van der Waals surface area (Å²) in [6.45, 7) is 0. The summed E-state index contributed by atoms with van der Waals surface area (Å²) in [5.74, 6) is -0.0819. The predicted molar refractivity (Wildman–Crippen MR) is 92.4 cm³/mol. The lowest BCUT2D eigenvalue weighted by atomic mass is 9.99. The zero-order chi connectivity index (χ0) is 17.6. The van der Waals surface area contributed by atoms with Crippen molar-refractivity contribution in [2.45, 2.75) is 18.8 Å². The van der Waals surface area contributed by atoms with Crippen LogP contribution < -0.4 is 0 Å². The van der Waals surface area contributed by atoms with Crippen molar-refractivity contribution in [2.24, 2.45) is 7.05 Å². The minimum absolute atomic E-state index is 0.165. The van der Waals surface area contributed by atoms with Gasteiger partial charge < -0.3 is 4.57 Å². The van der Waals surface area contributed by atoms with E-state index in [-0.39, 0.29) is 12.2 Å². The topological polar surface area (TPSA) is 84.5 Å². The van der Waals surface area contributed by atoms with Crippen LogP contribution in [-0.4, -0.2) is 25.5 Å². The maximum Gasteiger partial charge on any atom is 0.164 e. The molecule has 0 bridgehead atoms. The average molecular weight is 331 g/mol. The summed E-state index contributed by atoms with van der Waals surface area (Å²) in [6.07, 6.45) is 4.23. The normalized spacial score (nSPS) is 11.7. The van der Waals surface area contributed by atoms with Crippen molar-refractivity contribution in [1.82, 2.24) is 19.7 Å². The van der Waals surface area contributed by atoms with E-state index in [9.17, 15) is 10.1 Å². The number of nitriles is 1. The first-order chi connectivity index (χ1) is 12.2. The number of hydrogen-bond donors (Lipinski definition) is 0. The first-order valence-electron chi connectivity index (χ1n) is 7.96. The molecule has 0 spiro atoms. The van der Waals surface area contributed by atoms with Gasteiger partial charge in [-0.05, 0) is 18.1 Å². The van der Waals surface area contributed by atoms with Gasteiger partial charge in [0.1, 0.15) is 0 Å². The zero-order valence-electron chi connectivity index (χ0n) is 13.8. The first-order valence-corrected chi connectivity index (χ1v) is 7.96. The van der Waals surface area contributed by atoms with Crippen molar-refractivity contribution >= 4 is 5.78 Å². The molecule has 2 heterocycles. The number of rotatable bonds is 6. The van der Waals surface area contributed by atoms with Crippen LogP contribution in [0.1, 0.15) is 23.7 Å². The van der Waals surface area contributed by atoms with Gasteiger partial charge in [0.2, 0.25) is 0 Å². The number of aryl methyl sites for hydroxylation is 1. The van der Waals surface area contributed by atoms with Gasteiger partial charge in [-0.2, -0.15) is 5.26 Å². The molecule has 0 aliphatic heterocycles. The number of Topliss-reactive ketones (excluding diaryl/α,β-unsaturated/α-hetero) is 1. The molecule has 0 amide bonds. The van der Waals surface area contributed by atoms with E-state index in [1.54, 1.807) is 24.0 Å². The second kappa shape index (κ2) is 7.49. The van der Waals surface area contributed by atoms with E-state index in [0.717, 1.165) is 11.1 Å². The predicted octanol–water partition coefficient (Wildman–Crippen LogP) is 2.69. The van der Waals surface area contributed by atoms with E-state index in [1.165, 1.54) is 0 Å². The molecule has 1 aromatic carbocycles. The Morgan fingerprint density at radius 1 is 1.20 bits per heavy atom. The summed E-state index contributed by atoms with van der Waals surface area (Å²) in [4.78, 5) is 16.6. The van der Waals surface area contributed by atoms with E-state index in [2.05, 4.69) is 21.3 Å². The van der Waals surface area contributed by atoms with Gasteiger partial charge in [0.05, 0.1) is 6.07 Å². The molecule has 1 atom stereocenters. The Bertz CT molecular complexity index is 897. The molecule has 124 valence electrons. The molecule has 6 nitrogen and oxygen atoms in total. The fourth-order valence-corrected chi connectivity index (χ4v) is 2.66. The fourth-order valence-electron chi connectivity index (χ4n) is 2.66. The first kappa shape index (κ1) is 16.5. The van der Waals surface area contributed by atoms with Gasteiger partial charge in [-0.25, -0.2) is 0 Å². The van der Waals surface area contributed by atoms with Crippen LogP contribution in [0.5, 0.6) is 0 Å². The molecule has 6 heteroatoms. The van der Waals surface area contributed by atoms with Crippen LogP contribution in [0.3, 0.4) is 0 Å². The summed E-state index contributed by atoms with van der Waals surface area (Å²) in [5.41, 5.74) is 1.86. The molecular weight excluding hydrogens is 314 g/mol. The van der Waals surface area contributed by atoms with Gasteiger partial charge in [-0.1, -0.05) is 36.4 Å². The number of carbonyl (C=O) groups is 1. The number of ketones is 1. The smallest absolute Gasteiger partial charge is 0.164 e. The van der Waals surface area contributed by atoms with Crippen LogP contribution in [0.2, 0.25) is 0 Å². The van der Waals surface area contributed by atoms with E-state index >= 15 is 0 Å². The van der Waals surface area contributed by atoms with Crippen molar-refractivity contribution < 1.29 is 4.79 Å². The number of aromatic nitrogens is 4. The van der Waals surface area contributed by atoms with Crippen LogP contribution in [0.4, 0.5) is 0 Å². The Morgan fingerprint density at radius 3 is 2.68 bits per heavy atom. The molecule has 0 saturated heterocycles. The SMILES string of the molecule is Cn1c(-c2ccccc2)nnc1C(C#N)C(=O)CCc1cccnc1. The molecule has 0 radical (unpaired) electrons. The molecule has 3 aromatic rings. The Kier molecular flexibility index (Phi) is 4.95. The van der Waals surface area contributed by atoms with Gasteiger partial charge in [0.25, 0.3) is 0 Å². The molecule has 1 unspecified atom stereocenters. The Labute approximate surface area is 145 Å². The molecule has 0 saturated carbocycles. The van der Waals surface area contributed by atoms with E-state index < -0.39 is 5.92 Å². The lowest BCUT2D eigenvalue weighted by Gasteiger charge is -2.09. The highest BCUT2D eigenvalue weighted by atomic mass is 16.1. The highest BCUT2D eigenvalue weighted by Gasteiger charge is 2.26. The van der Waals surface area contributed by atoms with E-state index in [0.29, 0.717) is 18.1 Å². The fraction of sp³-hybridized carbons (Fsp3) is 0.211. The van der Waals surface area contributed by atoms with Crippen LogP contribution in [0.15, 0.2) is 54.9 Å². The third-order valence-electron chi connectivity index (χ3n) is 4.03. The molecule has 25 heavy (non-hydrogen) atoms. The highest BCUT2D eigenvalue weighted by molar-refractivity contribution is 5.87. The largest absolute Gasteiger partial charge is 0.313 e. The molecule has 0 fully saturated rings. The van der Waals surface area contributed by atoms with Crippen LogP contribution in [0.25, 0.3) is 11.4 Å². The summed E-state index contributed by atoms with van der Waals surface area (Å²) < 4.78 is 1.71. The maximum absolute atomic E-state index is 12.5. The third-order valence-corrected chi connectivity index (χ3v) is 4.03. The van der Waals surface area contributed by atoms with Crippen molar-refractivity contribution in [3.8, 4) is 17.5 Å². The van der Waals surface area contributed by atoms with Crippen molar-refractivity contribution in [2.75, 3.05) is 0 Å². The lowest BCUT2D eigenvalue weighted by Crippen LogP contribution is -2.16. The van der Waals surface area contributed by atoms with Crippen molar-refractivity contribution in [3.63, 3.8) is 0 Å². The second-order valence-corrected chi connectivity index (χ2v) is 5.70. The monoisotopic (exact) mass is 331 g/mol. The van der Waals surface area contributed by atoms with Crippen molar-refractivity contribution in [1.29, 1.82) is 5.26 Å². The summed E-state index contributed by atoms with van der Waals surface area (Å²) in [6, 6.07) is 15.4. The Morgan fingerprint density at radius 2 is 2.00 bits per heavy atom. The Hall–Kier alpha value is -3.33. The van der Waals surface area contributed by atoms with Gasteiger partial charge in [0.15, 0.2) is 23.3 Å². The number of benzene rings is 1. The summed E-state index contributed by atoms with van der Waals surface area (Å²) >= 11 is 0.